The van der Waals surface area contributed by atoms with Crippen molar-refractivity contribution in [3.63, 3.8) is 0 Å². The topological polar surface area (TPSA) is 17.1 Å². The Labute approximate surface area is 102 Å². The van der Waals surface area contributed by atoms with Gasteiger partial charge in [0.05, 0.1) is 0 Å². The summed E-state index contributed by atoms with van der Waals surface area (Å²) in [4.78, 5) is 12.2. The lowest BCUT2D eigenvalue weighted by Crippen LogP contribution is -2.26. The van der Waals surface area contributed by atoms with E-state index in [0.29, 0.717) is 17.4 Å². The Bertz CT molecular complexity index is 396. The molecule has 1 fully saturated rings. The molecule has 92 valence electrons. The van der Waals surface area contributed by atoms with Gasteiger partial charge in [-0.25, -0.2) is 4.39 Å². The van der Waals surface area contributed by atoms with Crippen LogP contribution in [0.5, 0.6) is 0 Å². The molecule has 0 N–H and O–H groups in total. The van der Waals surface area contributed by atoms with E-state index in [1.54, 1.807) is 12.1 Å². The van der Waals surface area contributed by atoms with Gasteiger partial charge in [-0.2, -0.15) is 0 Å². The van der Waals surface area contributed by atoms with E-state index in [-0.39, 0.29) is 17.5 Å². The van der Waals surface area contributed by atoms with E-state index in [9.17, 15) is 9.18 Å². The molecule has 1 aliphatic carbocycles. The van der Waals surface area contributed by atoms with Gasteiger partial charge in [-0.05, 0) is 55.4 Å². The van der Waals surface area contributed by atoms with E-state index in [0.717, 1.165) is 19.3 Å². The lowest BCUT2D eigenvalue weighted by Gasteiger charge is -2.31. The number of carbonyl (C=O) groups excluding carboxylic acids is 1. The van der Waals surface area contributed by atoms with Crippen LogP contribution < -0.4 is 0 Å². The second-order valence-corrected chi connectivity index (χ2v) is 5.34. The summed E-state index contributed by atoms with van der Waals surface area (Å²) in [6, 6.07) is 5.92. The van der Waals surface area contributed by atoms with Gasteiger partial charge in [0.25, 0.3) is 0 Å². The molecule has 0 bridgehead atoms. The lowest BCUT2D eigenvalue weighted by atomic mass is 9.73. The first-order valence-electron chi connectivity index (χ1n) is 6.37. The van der Waals surface area contributed by atoms with Gasteiger partial charge in [-0.15, -0.1) is 0 Å². The first-order chi connectivity index (χ1) is 8.08. The highest BCUT2D eigenvalue weighted by molar-refractivity contribution is 5.97. The van der Waals surface area contributed by atoms with E-state index in [1.165, 1.54) is 12.1 Å². The van der Waals surface area contributed by atoms with Crippen LogP contribution in [0.15, 0.2) is 24.3 Å². The van der Waals surface area contributed by atoms with Crippen LogP contribution in [0.2, 0.25) is 0 Å². The maximum Gasteiger partial charge on any atom is 0.165 e. The van der Waals surface area contributed by atoms with Crippen molar-refractivity contribution in [2.24, 2.45) is 17.8 Å². The number of ketones is 1. The molecule has 0 aromatic heterocycles. The van der Waals surface area contributed by atoms with Gasteiger partial charge < -0.3 is 0 Å². The Balaban J connectivity index is 2.08. The number of Topliss-reactive ketones (excluding diaryl/α,β-unsaturated/α-hetero) is 1. The molecule has 17 heavy (non-hydrogen) atoms. The average Bonchev–Trinajstić information content (AvgIpc) is 2.33. The third-order valence-electron chi connectivity index (χ3n) is 4.10. The Morgan fingerprint density at radius 1 is 1.12 bits per heavy atom. The normalized spacial score (nSPS) is 29.0. The summed E-state index contributed by atoms with van der Waals surface area (Å²) in [5, 5.41) is 0. The fourth-order valence-corrected chi connectivity index (χ4v) is 2.64. The quantitative estimate of drug-likeness (QED) is 0.705. The second kappa shape index (κ2) is 4.99. The minimum absolute atomic E-state index is 0.131. The molecule has 1 nitrogen and oxygen atoms in total. The standard InChI is InChI=1S/C15H19FO/c1-10-3-4-13(9-11(10)2)15(17)12-5-7-14(16)8-6-12/h5-8,10-11,13H,3-4,9H2,1-2H3. The summed E-state index contributed by atoms with van der Waals surface area (Å²) in [5.74, 6) is 1.35. The maximum absolute atomic E-state index is 12.8. The van der Waals surface area contributed by atoms with Gasteiger partial charge in [0.1, 0.15) is 5.82 Å². The van der Waals surface area contributed by atoms with Gasteiger partial charge in [0.2, 0.25) is 0 Å². The Morgan fingerprint density at radius 3 is 2.35 bits per heavy atom. The summed E-state index contributed by atoms with van der Waals surface area (Å²) in [7, 11) is 0. The van der Waals surface area contributed by atoms with E-state index in [2.05, 4.69) is 13.8 Å². The largest absolute Gasteiger partial charge is 0.294 e. The highest BCUT2D eigenvalue weighted by Crippen LogP contribution is 2.34. The zero-order valence-corrected chi connectivity index (χ0v) is 10.4. The van der Waals surface area contributed by atoms with E-state index < -0.39 is 0 Å². The molecule has 3 atom stereocenters. The Kier molecular flexibility index (Phi) is 3.60. The van der Waals surface area contributed by atoms with Crippen molar-refractivity contribution in [1.82, 2.24) is 0 Å². The third-order valence-corrected chi connectivity index (χ3v) is 4.10. The number of hydrogen-bond donors (Lipinski definition) is 0. The number of halogens is 1. The molecule has 2 heteroatoms. The highest BCUT2D eigenvalue weighted by atomic mass is 19.1. The minimum Gasteiger partial charge on any atom is -0.294 e. The first-order valence-corrected chi connectivity index (χ1v) is 6.37. The van der Waals surface area contributed by atoms with E-state index in [4.69, 9.17) is 0 Å². The van der Waals surface area contributed by atoms with Crippen molar-refractivity contribution in [2.45, 2.75) is 33.1 Å². The molecule has 0 aliphatic heterocycles. The smallest absolute Gasteiger partial charge is 0.165 e. The molecule has 0 amide bonds. The minimum atomic E-state index is -0.285. The van der Waals surface area contributed by atoms with Gasteiger partial charge in [0.15, 0.2) is 5.78 Å². The van der Waals surface area contributed by atoms with Crippen LogP contribution in [0.3, 0.4) is 0 Å². The summed E-state index contributed by atoms with van der Waals surface area (Å²) >= 11 is 0. The lowest BCUT2D eigenvalue weighted by molar-refractivity contribution is 0.0837. The van der Waals surface area contributed by atoms with Crippen molar-refractivity contribution in [1.29, 1.82) is 0 Å². The molecule has 0 heterocycles. The zero-order chi connectivity index (χ0) is 12.4. The first kappa shape index (κ1) is 12.3. The molecule has 1 aromatic rings. The molecule has 3 unspecified atom stereocenters. The van der Waals surface area contributed by atoms with Crippen LogP contribution in [0.4, 0.5) is 4.39 Å². The molecular weight excluding hydrogens is 215 g/mol. The van der Waals surface area contributed by atoms with Crippen molar-refractivity contribution in [3.05, 3.63) is 35.6 Å². The van der Waals surface area contributed by atoms with Crippen LogP contribution >= 0.6 is 0 Å². The molecular formula is C15H19FO. The Morgan fingerprint density at radius 2 is 1.76 bits per heavy atom. The Hall–Kier alpha value is -1.18. The predicted octanol–water partition coefficient (Wildman–Crippen LogP) is 4.08. The van der Waals surface area contributed by atoms with Crippen molar-refractivity contribution >= 4 is 5.78 Å². The van der Waals surface area contributed by atoms with Crippen molar-refractivity contribution < 1.29 is 9.18 Å². The molecule has 2 rings (SSSR count). The predicted molar refractivity (Wildman–Crippen MR) is 66.4 cm³/mol. The van der Waals surface area contributed by atoms with Crippen molar-refractivity contribution in [2.75, 3.05) is 0 Å². The van der Waals surface area contributed by atoms with E-state index >= 15 is 0 Å². The van der Waals surface area contributed by atoms with Crippen molar-refractivity contribution in [3.8, 4) is 0 Å². The number of rotatable bonds is 2. The fourth-order valence-electron chi connectivity index (χ4n) is 2.64. The summed E-state index contributed by atoms with van der Waals surface area (Å²) in [6.07, 6.45) is 3.07. The summed E-state index contributed by atoms with van der Waals surface area (Å²) < 4.78 is 12.8. The van der Waals surface area contributed by atoms with E-state index in [1.807, 2.05) is 0 Å². The van der Waals surface area contributed by atoms with Crippen LogP contribution in [0, 0.1) is 23.6 Å². The third kappa shape index (κ3) is 2.74. The molecule has 0 saturated heterocycles. The second-order valence-electron chi connectivity index (χ2n) is 5.34. The van der Waals surface area contributed by atoms with Crippen LogP contribution in [-0.2, 0) is 0 Å². The van der Waals surface area contributed by atoms with Crippen LogP contribution in [0.25, 0.3) is 0 Å². The van der Waals surface area contributed by atoms with Crippen LogP contribution in [-0.4, -0.2) is 5.78 Å². The number of carbonyl (C=O) groups is 1. The number of benzene rings is 1. The van der Waals surface area contributed by atoms with Gasteiger partial charge in [-0.1, -0.05) is 13.8 Å². The molecule has 1 saturated carbocycles. The van der Waals surface area contributed by atoms with Gasteiger partial charge in [-0.3, -0.25) is 4.79 Å². The number of hydrogen-bond acceptors (Lipinski definition) is 1. The fraction of sp³-hybridized carbons (Fsp3) is 0.533. The summed E-state index contributed by atoms with van der Waals surface area (Å²) in [6.45, 7) is 4.47. The molecule has 0 spiro atoms. The zero-order valence-electron chi connectivity index (χ0n) is 10.4. The molecule has 0 radical (unpaired) electrons. The molecule has 1 aromatic carbocycles. The van der Waals surface area contributed by atoms with Gasteiger partial charge >= 0.3 is 0 Å². The SMILES string of the molecule is CC1CCC(C(=O)c2ccc(F)cc2)CC1C. The van der Waals surface area contributed by atoms with Crippen LogP contribution in [0.1, 0.15) is 43.5 Å². The average molecular weight is 234 g/mol. The molecule has 1 aliphatic rings. The maximum atomic E-state index is 12.8. The monoisotopic (exact) mass is 234 g/mol. The highest BCUT2D eigenvalue weighted by Gasteiger charge is 2.29. The van der Waals surface area contributed by atoms with Gasteiger partial charge in [0, 0.05) is 11.5 Å². The summed E-state index contributed by atoms with van der Waals surface area (Å²) in [5.41, 5.74) is 0.651.